The molecule has 33 heavy (non-hydrogen) atoms. The number of rotatable bonds is 9. The average molecular weight is 456 g/mol. The maximum absolute atomic E-state index is 13.7. The van der Waals surface area contributed by atoms with Gasteiger partial charge in [0.15, 0.2) is 18.1 Å². The molecule has 2 aromatic carbocycles. The summed E-state index contributed by atoms with van der Waals surface area (Å²) in [7, 11) is 0. The summed E-state index contributed by atoms with van der Waals surface area (Å²) >= 11 is 0. The summed E-state index contributed by atoms with van der Waals surface area (Å²) in [6, 6.07) is 9.41. The quantitative estimate of drug-likeness (QED) is 0.387. The van der Waals surface area contributed by atoms with Crippen LogP contribution < -0.4 is 25.8 Å². The van der Waals surface area contributed by atoms with E-state index in [1.54, 1.807) is 19.1 Å². The second-order valence-corrected chi connectivity index (χ2v) is 6.80. The maximum atomic E-state index is 13.7. The Morgan fingerprint density at radius 2 is 1.91 bits per heavy atom. The number of hydrogen-bond acceptors (Lipinski definition) is 6. The number of nitrogens with zero attached hydrogens (tertiary/aromatic N) is 1. The number of hydrogen-bond donors (Lipinski definition) is 3. The van der Waals surface area contributed by atoms with Crippen LogP contribution in [0, 0.1) is 5.82 Å². The van der Waals surface area contributed by atoms with Crippen molar-refractivity contribution in [1.82, 2.24) is 10.2 Å². The number of amides is 5. The third-order valence-corrected chi connectivity index (χ3v) is 4.36. The first-order chi connectivity index (χ1) is 15.8. The summed E-state index contributed by atoms with van der Waals surface area (Å²) in [5.74, 6) is -2.16. The van der Waals surface area contributed by atoms with Gasteiger partial charge in [-0.05, 0) is 42.8 Å². The van der Waals surface area contributed by atoms with Crippen LogP contribution in [-0.2, 0) is 14.4 Å². The molecule has 1 fully saturated rings. The Morgan fingerprint density at radius 3 is 2.61 bits per heavy atom. The minimum Gasteiger partial charge on any atom is -0.490 e. The molecule has 5 amide bonds. The Morgan fingerprint density at radius 1 is 1.15 bits per heavy atom. The highest BCUT2D eigenvalue weighted by molar-refractivity contribution is 6.16. The first-order valence-corrected chi connectivity index (χ1v) is 9.85. The first kappa shape index (κ1) is 23.3. The lowest BCUT2D eigenvalue weighted by atomic mass is 10.1. The van der Waals surface area contributed by atoms with Gasteiger partial charge in [-0.1, -0.05) is 18.2 Å². The number of carbonyl (C=O) groups is 4. The number of ether oxygens (including phenoxy) is 2. The fraction of sp³-hybridized carbons (Fsp3) is 0.182. The van der Waals surface area contributed by atoms with Gasteiger partial charge in [-0.2, -0.15) is 0 Å². The van der Waals surface area contributed by atoms with E-state index in [0.717, 1.165) is 0 Å². The molecule has 0 radical (unpaired) electrons. The molecular formula is C22H21FN4O6. The van der Waals surface area contributed by atoms with E-state index in [1.165, 1.54) is 36.4 Å². The standard InChI is InChI=1S/C22H21FN4O6/c1-2-32-18-10-13(7-8-17(18)33-12-19(24)28)9-16-21(30)27(22(31)26-16)11-20(29)25-15-6-4-3-5-14(15)23/h3-10H,2,11-12H2,1H3,(H2,24,28)(H,25,29)(H,26,31)/b16-9+. The van der Waals surface area contributed by atoms with Crippen molar-refractivity contribution in [2.75, 3.05) is 25.1 Å². The summed E-state index contributed by atoms with van der Waals surface area (Å²) in [6.07, 6.45) is 1.40. The summed E-state index contributed by atoms with van der Waals surface area (Å²) in [5.41, 5.74) is 5.45. The van der Waals surface area contributed by atoms with Crippen molar-refractivity contribution in [3.8, 4) is 11.5 Å². The summed E-state index contributed by atoms with van der Waals surface area (Å²) < 4.78 is 24.5. The monoisotopic (exact) mass is 456 g/mol. The number of nitrogens with two attached hydrogens (primary N) is 1. The smallest absolute Gasteiger partial charge is 0.329 e. The molecule has 0 saturated carbocycles. The van der Waals surface area contributed by atoms with Gasteiger partial charge >= 0.3 is 6.03 Å². The third kappa shape index (κ3) is 5.85. The number of para-hydroxylation sites is 1. The molecule has 3 rings (SSSR count). The molecule has 10 nitrogen and oxygen atoms in total. The van der Waals surface area contributed by atoms with Crippen molar-refractivity contribution in [1.29, 1.82) is 0 Å². The van der Waals surface area contributed by atoms with Crippen LogP contribution in [0.15, 0.2) is 48.2 Å². The Labute approximate surface area is 188 Å². The van der Waals surface area contributed by atoms with Gasteiger partial charge < -0.3 is 25.8 Å². The Bertz CT molecular complexity index is 1130. The number of urea groups is 1. The molecular weight excluding hydrogens is 435 g/mol. The van der Waals surface area contributed by atoms with E-state index in [9.17, 15) is 23.6 Å². The van der Waals surface area contributed by atoms with Crippen molar-refractivity contribution < 1.29 is 33.0 Å². The van der Waals surface area contributed by atoms with Gasteiger partial charge in [-0.3, -0.25) is 14.4 Å². The molecule has 1 aliphatic heterocycles. The molecule has 0 atom stereocenters. The fourth-order valence-electron chi connectivity index (χ4n) is 2.93. The fourth-order valence-corrected chi connectivity index (χ4v) is 2.93. The Kier molecular flexibility index (Phi) is 7.24. The molecule has 2 aromatic rings. The van der Waals surface area contributed by atoms with Gasteiger partial charge in [0.2, 0.25) is 5.91 Å². The highest BCUT2D eigenvalue weighted by atomic mass is 19.1. The van der Waals surface area contributed by atoms with Crippen LogP contribution in [-0.4, -0.2) is 48.4 Å². The number of benzene rings is 2. The Hall–Kier alpha value is -4.41. The second kappa shape index (κ2) is 10.3. The van der Waals surface area contributed by atoms with E-state index in [-0.39, 0.29) is 23.7 Å². The van der Waals surface area contributed by atoms with Gasteiger partial charge in [-0.25, -0.2) is 14.1 Å². The summed E-state index contributed by atoms with van der Waals surface area (Å²) in [6.45, 7) is 1.14. The van der Waals surface area contributed by atoms with Crippen LogP contribution in [0.1, 0.15) is 12.5 Å². The minimum absolute atomic E-state index is 0.0626. The third-order valence-electron chi connectivity index (χ3n) is 4.36. The van der Waals surface area contributed by atoms with Crippen LogP contribution in [0.3, 0.4) is 0 Å². The number of nitrogens with one attached hydrogen (secondary N) is 2. The predicted octanol–water partition coefficient (Wildman–Crippen LogP) is 1.62. The van der Waals surface area contributed by atoms with E-state index >= 15 is 0 Å². The number of carbonyl (C=O) groups excluding carboxylic acids is 4. The lowest BCUT2D eigenvalue weighted by molar-refractivity contribution is -0.127. The SMILES string of the molecule is CCOc1cc(/C=C2/NC(=O)N(CC(=O)Nc3ccccc3F)C2=O)ccc1OCC(N)=O. The number of halogens is 1. The van der Waals surface area contributed by atoms with Crippen LogP contribution in [0.25, 0.3) is 6.08 Å². The van der Waals surface area contributed by atoms with E-state index in [4.69, 9.17) is 15.2 Å². The highest BCUT2D eigenvalue weighted by Crippen LogP contribution is 2.29. The summed E-state index contributed by atoms with van der Waals surface area (Å²) in [4.78, 5) is 48.7. The molecule has 1 heterocycles. The molecule has 0 unspecified atom stereocenters. The van der Waals surface area contributed by atoms with Crippen LogP contribution >= 0.6 is 0 Å². The zero-order valence-electron chi connectivity index (χ0n) is 17.6. The Balaban J connectivity index is 1.73. The largest absolute Gasteiger partial charge is 0.490 e. The molecule has 0 bridgehead atoms. The first-order valence-electron chi connectivity index (χ1n) is 9.85. The highest BCUT2D eigenvalue weighted by Gasteiger charge is 2.35. The molecule has 0 aromatic heterocycles. The lowest BCUT2D eigenvalue weighted by Gasteiger charge is -2.12. The van der Waals surface area contributed by atoms with Gasteiger partial charge in [0.05, 0.1) is 12.3 Å². The normalized spacial score (nSPS) is 14.2. The molecule has 0 spiro atoms. The van der Waals surface area contributed by atoms with Crippen molar-refractivity contribution >= 4 is 35.5 Å². The van der Waals surface area contributed by atoms with Crippen molar-refractivity contribution in [2.45, 2.75) is 6.92 Å². The minimum atomic E-state index is -0.790. The van der Waals surface area contributed by atoms with E-state index in [2.05, 4.69) is 10.6 Å². The van der Waals surface area contributed by atoms with E-state index in [0.29, 0.717) is 22.8 Å². The molecule has 1 aliphatic rings. The van der Waals surface area contributed by atoms with Crippen molar-refractivity contribution in [3.63, 3.8) is 0 Å². The average Bonchev–Trinajstić information content (AvgIpc) is 3.02. The summed E-state index contributed by atoms with van der Waals surface area (Å²) in [5, 5.41) is 4.72. The van der Waals surface area contributed by atoms with E-state index < -0.39 is 36.1 Å². The molecule has 4 N–H and O–H groups in total. The second-order valence-electron chi connectivity index (χ2n) is 6.80. The van der Waals surface area contributed by atoms with Crippen molar-refractivity contribution in [2.24, 2.45) is 5.73 Å². The molecule has 1 saturated heterocycles. The van der Waals surface area contributed by atoms with Crippen molar-refractivity contribution in [3.05, 3.63) is 59.5 Å². The number of primary amides is 1. The van der Waals surface area contributed by atoms with E-state index in [1.807, 2.05) is 0 Å². The number of anilines is 1. The van der Waals surface area contributed by atoms with Gasteiger partial charge in [-0.15, -0.1) is 0 Å². The molecule has 11 heteroatoms. The van der Waals surface area contributed by atoms with Gasteiger partial charge in [0, 0.05) is 0 Å². The van der Waals surface area contributed by atoms with Crippen LogP contribution in [0.4, 0.5) is 14.9 Å². The lowest BCUT2D eigenvalue weighted by Crippen LogP contribution is -2.38. The zero-order chi connectivity index (χ0) is 24.0. The van der Waals surface area contributed by atoms with Gasteiger partial charge in [0.25, 0.3) is 11.8 Å². The van der Waals surface area contributed by atoms with Crippen LogP contribution in [0.2, 0.25) is 0 Å². The topological polar surface area (TPSA) is 140 Å². The predicted molar refractivity (Wildman–Crippen MR) is 116 cm³/mol. The molecule has 0 aliphatic carbocycles. The molecule has 172 valence electrons. The van der Waals surface area contributed by atoms with Crippen LogP contribution in [0.5, 0.6) is 11.5 Å². The zero-order valence-corrected chi connectivity index (χ0v) is 17.6. The number of imide groups is 1. The van der Waals surface area contributed by atoms with Gasteiger partial charge in [0.1, 0.15) is 18.1 Å². The maximum Gasteiger partial charge on any atom is 0.329 e.